The third kappa shape index (κ3) is 16.4. The van der Waals surface area contributed by atoms with E-state index in [4.69, 9.17) is 9.47 Å². The fraction of sp³-hybridized carbons (Fsp3) is 0.429. The first-order valence-corrected chi connectivity index (χ1v) is 43.6. The number of nitrogens with zero attached hydrogens (tertiary/aromatic N) is 16. The van der Waals surface area contributed by atoms with Gasteiger partial charge < -0.3 is 50.7 Å². The number of aromatic hydroxyl groups is 1. The van der Waals surface area contributed by atoms with Crippen LogP contribution in [0.4, 0.5) is 47.3 Å². The van der Waals surface area contributed by atoms with Crippen molar-refractivity contribution in [3.63, 3.8) is 0 Å². The van der Waals surface area contributed by atoms with Gasteiger partial charge in [0.1, 0.15) is 63.4 Å². The zero-order chi connectivity index (χ0) is 89.0. The van der Waals surface area contributed by atoms with Crippen molar-refractivity contribution in [3.05, 3.63) is 168 Å². The minimum absolute atomic E-state index is 0.133. The molecule has 6 aliphatic rings. The molecule has 5 aromatic heterocycles. The number of thioether (sulfide) groups is 2. The summed E-state index contributed by atoms with van der Waals surface area (Å²) in [6.07, 6.45) is 4.90. The van der Waals surface area contributed by atoms with Crippen LogP contribution in [0.1, 0.15) is 187 Å². The van der Waals surface area contributed by atoms with Gasteiger partial charge in [-0.15, -0.1) is 74.5 Å². The predicted molar refractivity (Wildman–Crippen MR) is 473 cm³/mol. The highest BCUT2D eigenvalue weighted by molar-refractivity contribution is 9.10. The summed E-state index contributed by atoms with van der Waals surface area (Å²) in [6.45, 7) is 47.6. The monoisotopic (exact) mass is 1780 g/mol. The van der Waals surface area contributed by atoms with Gasteiger partial charge in [-0.1, -0.05) is 46.3 Å². The molecule has 0 saturated carbocycles. The van der Waals surface area contributed by atoms with Crippen molar-refractivity contribution >= 4 is 95.3 Å². The molecule has 30 nitrogen and oxygen atoms in total. The molecule has 0 aliphatic carbocycles. The number of methoxy groups -OCH3 is 2. The topological polar surface area (TPSA) is 349 Å². The molecule has 0 atom stereocenters. The minimum Gasteiger partial charge on any atom is -0.506 e. The van der Waals surface area contributed by atoms with Crippen LogP contribution in [0.5, 0.6) is 23.0 Å². The lowest BCUT2D eigenvalue weighted by atomic mass is 9.85. The molecule has 37 heteroatoms. The minimum atomic E-state index is -5.79. The van der Waals surface area contributed by atoms with Gasteiger partial charge in [0.15, 0.2) is 34.9 Å². The number of anilines is 6. The number of fused-ring (bicyclic) bond motifs is 16. The Kier molecular flexibility index (Phi) is 24.0. The standard InChI is InChI=1S/C15H21N3O2.C14H17BrN4S.C14H15F3N4O3S.C14H18N4O.C14H18N4S.C13H16N4O/c1-9-6-7-12(20-5)14-11(9)8-13(15(3,4)16-14)18-17-10(2)19;1-7-9(15)6-10(20-5)11-12(7)19-8(2)17-18-13(19)14(3,4)16-11;1-7-5-6-9(24-25(22,23)14(15,16)17)10-11(7)21-8(2)19-20-12(21)13(3,4)18-10;2*1-8-6-7-10(19-5)11-12(8)18-9(2)16-17-13(18)14(3,4)15-11;1-7-5-6-9(18)10-11(7)17-8(2)15-16-12(17)13(3,4)14-10/h6-7,16H,8H2,1-5H3,(H,17,19);6,16H,1-5H3;5-6,18H,1-4H3;2*6-7,15H,1-5H3;5-6,14,18H,1-4H3/b18-13+;;;;;. The molecular formula is C84H105BrF3N23O7S3. The molecule has 8 N–H and O–H groups in total. The molecule has 6 aliphatic heterocycles. The lowest BCUT2D eigenvalue weighted by Crippen LogP contribution is -2.46. The zero-order valence-corrected chi connectivity index (χ0v) is 77.4. The Bertz CT molecular complexity index is 5980. The molecule has 17 rings (SSSR count). The largest absolute Gasteiger partial charge is 0.534 e. The number of hydrazone groups is 1. The van der Waals surface area contributed by atoms with Gasteiger partial charge in [-0.05, 0) is 247 Å². The van der Waals surface area contributed by atoms with Crippen LogP contribution in [0.3, 0.4) is 0 Å². The van der Waals surface area contributed by atoms with Gasteiger partial charge in [0, 0.05) is 27.6 Å². The quantitative estimate of drug-likeness (QED) is 0.0241. The average molecular weight is 1780 g/mol. The van der Waals surface area contributed by atoms with Crippen LogP contribution in [0.2, 0.25) is 0 Å². The summed E-state index contributed by atoms with van der Waals surface area (Å²) >= 11 is 7.17. The van der Waals surface area contributed by atoms with E-state index in [0.717, 1.165) is 114 Å². The van der Waals surface area contributed by atoms with Crippen molar-refractivity contribution in [3.8, 4) is 51.4 Å². The summed E-state index contributed by atoms with van der Waals surface area (Å²) in [5.41, 5.74) is 13.4. The highest BCUT2D eigenvalue weighted by Crippen LogP contribution is 2.51. The van der Waals surface area contributed by atoms with Crippen molar-refractivity contribution in [2.75, 3.05) is 58.6 Å². The van der Waals surface area contributed by atoms with E-state index in [1.165, 1.54) is 68.2 Å². The summed E-state index contributed by atoms with van der Waals surface area (Å²) in [6, 6.07) is 20.8. The maximum absolute atomic E-state index is 12.7. The SMILES string of the molecule is COc1ccc(C)c2c1NC(C)(C)/C(=N/NC(C)=O)C2.COc1ccc(C)c2c1NC(C)(C)c1nnc(C)n1-2.CSc1cc(Br)c(C)c2c1NC(C)(C)c1nnc(C)n1-2.CSc1ccc(C)c2c1NC(C)(C)c1nnc(C)n1-2.Cc1ccc(O)c2c1-n1c(C)nnc1C(C)(C)N2.Cc1ccc(OS(=O)(=O)C(F)(F)F)c2c1-n1c(C)nnc1C(C)(C)N2. The maximum Gasteiger partial charge on any atom is 0.534 e. The summed E-state index contributed by atoms with van der Waals surface area (Å²) in [4.78, 5) is 13.5. The lowest BCUT2D eigenvalue weighted by molar-refractivity contribution is -0.118. The van der Waals surface area contributed by atoms with Gasteiger partial charge >= 0.3 is 15.6 Å². The fourth-order valence-corrected chi connectivity index (χ4v) is 17.8. The molecule has 0 saturated heterocycles. The number of amides is 1. The Morgan fingerprint density at radius 3 is 1.18 bits per heavy atom. The van der Waals surface area contributed by atoms with E-state index < -0.39 is 26.9 Å². The second kappa shape index (κ2) is 32.5. The predicted octanol–water partition coefficient (Wildman–Crippen LogP) is 17.1. The summed E-state index contributed by atoms with van der Waals surface area (Å²) in [5, 5.41) is 77.2. The number of ether oxygens (including phenoxy) is 2. The lowest BCUT2D eigenvalue weighted by Gasteiger charge is -2.36. The summed E-state index contributed by atoms with van der Waals surface area (Å²) in [5.74, 6) is 9.68. The van der Waals surface area contributed by atoms with Gasteiger partial charge in [-0.3, -0.25) is 27.6 Å². The number of nitrogens with one attached hydrogen (secondary N) is 7. The number of aromatic nitrogens is 15. The van der Waals surface area contributed by atoms with Crippen molar-refractivity contribution < 1.29 is 45.1 Å². The number of rotatable bonds is 7. The average Bonchev–Trinajstić information content (AvgIpc) is 1.68. The molecule has 11 aromatic rings. The van der Waals surface area contributed by atoms with Gasteiger partial charge in [0.25, 0.3) is 0 Å². The van der Waals surface area contributed by atoms with Gasteiger partial charge in [-0.2, -0.15) is 26.7 Å². The summed E-state index contributed by atoms with van der Waals surface area (Å²) in [7, 11) is -2.43. The van der Waals surface area contributed by atoms with Crippen molar-refractivity contribution in [2.45, 2.75) is 221 Å². The zero-order valence-electron chi connectivity index (χ0n) is 73.3. The van der Waals surface area contributed by atoms with E-state index in [9.17, 15) is 31.5 Å². The Labute approximate surface area is 719 Å². The van der Waals surface area contributed by atoms with Gasteiger partial charge in [0.05, 0.1) is 98.7 Å². The molecule has 1 amide bonds. The molecule has 11 heterocycles. The van der Waals surface area contributed by atoms with Crippen LogP contribution in [0, 0.1) is 76.2 Å². The molecule has 0 spiro atoms. The Hall–Kier alpha value is -10.9. The van der Waals surface area contributed by atoms with E-state index in [2.05, 4.69) is 233 Å². The van der Waals surface area contributed by atoms with E-state index in [0.29, 0.717) is 29.3 Å². The molecule has 0 fully saturated rings. The van der Waals surface area contributed by atoms with E-state index in [1.54, 1.807) is 76.1 Å². The number of alkyl halides is 3. The first-order chi connectivity index (χ1) is 56.4. The molecule has 6 aromatic carbocycles. The van der Waals surface area contributed by atoms with E-state index in [1.807, 2.05) is 91.1 Å². The van der Waals surface area contributed by atoms with Crippen molar-refractivity contribution in [1.29, 1.82) is 0 Å². The second-order valence-electron chi connectivity index (χ2n) is 33.6. The smallest absolute Gasteiger partial charge is 0.506 e. The third-order valence-electron chi connectivity index (χ3n) is 21.8. The summed E-state index contributed by atoms with van der Waals surface area (Å²) < 4.78 is 87.4. The number of hydrogen-bond acceptors (Lipinski definition) is 26. The van der Waals surface area contributed by atoms with Crippen molar-refractivity contribution in [1.82, 2.24) is 79.2 Å². The molecular weight excluding hydrogens is 1680 g/mol. The second-order valence-corrected chi connectivity index (χ2v) is 37.7. The Morgan fingerprint density at radius 2 is 0.785 bits per heavy atom. The molecule has 121 heavy (non-hydrogen) atoms. The number of aryl methyl sites for hydroxylation is 10. The normalized spacial score (nSPS) is 16.1. The van der Waals surface area contributed by atoms with Crippen LogP contribution in [-0.2, 0) is 49.0 Å². The van der Waals surface area contributed by atoms with E-state index >= 15 is 0 Å². The van der Waals surface area contributed by atoms with Gasteiger partial charge in [-0.25, -0.2) is 5.43 Å². The number of phenols is 1. The molecule has 0 radical (unpaired) electrons. The molecule has 0 unspecified atom stereocenters. The number of benzene rings is 6. The Balaban J connectivity index is 0.000000133. The van der Waals surface area contributed by atoms with Crippen LogP contribution in [0.25, 0.3) is 28.4 Å². The first-order valence-electron chi connectivity index (χ1n) is 38.9. The molecule has 0 bridgehead atoms. The van der Waals surface area contributed by atoms with Gasteiger partial charge in [0.2, 0.25) is 5.91 Å². The van der Waals surface area contributed by atoms with Crippen LogP contribution in [-0.4, -0.2) is 137 Å². The first kappa shape index (κ1) is 89.3. The number of hydrogen-bond donors (Lipinski definition) is 8. The van der Waals surface area contributed by atoms with E-state index in [-0.39, 0.29) is 45.0 Å². The van der Waals surface area contributed by atoms with Crippen LogP contribution in [0.15, 0.2) is 86.1 Å². The number of phenolic OH excluding ortho intramolecular Hbond substituents is 1. The number of carbonyl (C=O) groups excluding carboxylic acids is 1. The molecule has 644 valence electrons. The number of halogens is 4. The fourth-order valence-electron chi connectivity index (χ4n) is 15.6. The third-order valence-corrected chi connectivity index (χ3v) is 25.1. The maximum atomic E-state index is 12.7. The van der Waals surface area contributed by atoms with Crippen LogP contribution < -0.4 is 51.0 Å². The highest BCUT2D eigenvalue weighted by Gasteiger charge is 2.50. The Morgan fingerprint density at radius 1 is 0.463 bits per heavy atom. The highest BCUT2D eigenvalue weighted by atomic mass is 79.9. The number of carbonyl (C=O) groups is 1. The van der Waals surface area contributed by atoms with Crippen molar-refractivity contribution in [2.24, 2.45) is 5.10 Å². The van der Waals surface area contributed by atoms with Crippen LogP contribution >= 0.6 is 39.5 Å².